The van der Waals surface area contributed by atoms with E-state index in [2.05, 4.69) is 5.32 Å². The van der Waals surface area contributed by atoms with Crippen LogP contribution in [0.15, 0.2) is 77.4 Å². The molecule has 0 aliphatic rings. The van der Waals surface area contributed by atoms with E-state index in [1.807, 2.05) is 65.2 Å². The second-order valence-electron chi connectivity index (χ2n) is 6.90. The molecule has 0 radical (unpaired) electrons. The molecular formula is C24H24N2O4. The average molecular weight is 404 g/mol. The number of benzene rings is 2. The van der Waals surface area contributed by atoms with Crippen LogP contribution in [0.1, 0.15) is 21.8 Å². The third-order valence-electron chi connectivity index (χ3n) is 4.90. The van der Waals surface area contributed by atoms with Crippen molar-refractivity contribution in [3.63, 3.8) is 0 Å². The third kappa shape index (κ3) is 4.39. The maximum Gasteiger partial charge on any atom is 0.268 e. The van der Waals surface area contributed by atoms with E-state index >= 15 is 0 Å². The average Bonchev–Trinajstić information content (AvgIpc) is 3.43. The lowest BCUT2D eigenvalue weighted by atomic mass is 10.2. The van der Waals surface area contributed by atoms with Crippen molar-refractivity contribution in [2.75, 3.05) is 13.7 Å². The Hall–Kier alpha value is -3.51. The number of nitrogens with one attached hydrogen (secondary N) is 1. The van der Waals surface area contributed by atoms with Gasteiger partial charge in [-0.2, -0.15) is 0 Å². The molecule has 30 heavy (non-hydrogen) atoms. The summed E-state index contributed by atoms with van der Waals surface area (Å²) in [5, 5.41) is 3.82. The fraction of sp³-hybridized carbons (Fsp3) is 0.208. The van der Waals surface area contributed by atoms with Gasteiger partial charge in [0.25, 0.3) is 5.91 Å². The lowest BCUT2D eigenvalue weighted by molar-refractivity contribution is 0.0936. The van der Waals surface area contributed by atoms with E-state index in [0.29, 0.717) is 37.8 Å². The first-order valence-corrected chi connectivity index (χ1v) is 9.85. The van der Waals surface area contributed by atoms with Crippen LogP contribution in [0.25, 0.3) is 10.9 Å². The van der Waals surface area contributed by atoms with Gasteiger partial charge < -0.3 is 23.8 Å². The summed E-state index contributed by atoms with van der Waals surface area (Å²) < 4.78 is 18.6. The number of rotatable bonds is 9. The van der Waals surface area contributed by atoms with Gasteiger partial charge in [-0.25, -0.2) is 0 Å². The van der Waals surface area contributed by atoms with E-state index in [1.54, 1.807) is 19.4 Å². The molecule has 6 heteroatoms. The number of furan rings is 1. The summed E-state index contributed by atoms with van der Waals surface area (Å²) in [4.78, 5) is 12.9. The molecule has 2 aromatic carbocycles. The Morgan fingerprint density at radius 3 is 2.70 bits per heavy atom. The zero-order valence-electron chi connectivity index (χ0n) is 16.8. The van der Waals surface area contributed by atoms with Gasteiger partial charge in [-0.05, 0) is 35.9 Å². The van der Waals surface area contributed by atoms with Crippen LogP contribution in [0.3, 0.4) is 0 Å². The minimum absolute atomic E-state index is 0.173. The van der Waals surface area contributed by atoms with Crippen LogP contribution in [0.2, 0.25) is 0 Å². The molecule has 0 atom stereocenters. The Labute approximate surface area is 175 Å². The molecular weight excluding hydrogens is 380 g/mol. The number of ether oxygens (including phenoxy) is 2. The van der Waals surface area contributed by atoms with Crippen molar-refractivity contribution in [1.29, 1.82) is 0 Å². The summed E-state index contributed by atoms with van der Waals surface area (Å²) in [7, 11) is 1.65. The Morgan fingerprint density at radius 1 is 1.07 bits per heavy atom. The summed E-state index contributed by atoms with van der Waals surface area (Å²) in [6, 6.07) is 21.4. The lowest BCUT2D eigenvalue weighted by Gasteiger charge is -2.11. The smallest absolute Gasteiger partial charge is 0.268 e. The third-order valence-corrected chi connectivity index (χ3v) is 4.90. The van der Waals surface area contributed by atoms with E-state index in [1.165, 1.54) is 0 Å². The first kappa shape index (κ1) is 19.8. The van der Waals surface area contributed by atoms with Crippen molar-refractivity contribution in [2.24, 2.45) is 0 Å². The highest BCUT2D eigenvalue weighted by Gasteiger charge is 2.18. The van der Waals surface area contributed by atoms with Crippen molar-refractivity contribution >= 4 is 16.8 Å². The van der Waals surface area contributed by atoms with Gasteiger partial charge in [0.15, 0.2) is 0 Å². The van der Waals surface area contributed by atoms with Crippen molar-refractivity contribution in [2.45, 2.75) is 19.7 Å². The van der Waals surface area contributed by atoms with Gasteiger partial charge in [0, 0.05) is 19.0 Å². The standard InChI is InChI=1S/C24H24N2O4/c1-28-14-12-26-21-10-5-11-23(30-17-18-7-3-2-4-8-18)20(21)15-22(26)24(27)25-16-19-9-6-13-29-19/h2-11,13,15H,12,14,16-17H2,1H3,(H,25,27). The highest BCUT2D eigenvalue weighted by atomic mass is 16.5. The number of carbonyl (C=O) groups is 1. The van der Waals surface area contributed by atoms with Crippen molar-refractivity contribution in [3.05, 3.63) is 90.0 Å². The zero-order valence-corrected chi connectivity index (χ0v) is 16.8. The summed E-state index contributed by atoms with van der Waals surface area (Å²) in [6.07, 6.45) is 1.59. The minimum Gasteiger partial charge on any atom is -0.488 e. The monoisotopic (exact) mass is 404 g/mol. The number of hydrogen-bond donors (Lipinski definition) is 1. The fourth-order valence-corrected chi connectivity index (χ4v) is 3.40. The second kappa shape index (κ2) is 9.33. The van der Waals surface area contributed by atoms with Crippen LogP contribution in [0.5, 0.6) is 5.75 Å². The van der Waals surface area contributed by atoms with Crippen LogP contribution in [-0.2, 0) is 24.4 Å². The van der Waals surface area contributed by atoms with Gasteiger partial charge in [0.1, 0.15) is 23.8 Å². The number of amides is 1. The highest BCUT2D eigenvalue weighted by Crippen LogP contribution is 2.30. The molecule has 0 bridgehead atoms. The number of aromatic nitrogens is 1. The van der Waals surface area contributed by atoms with Gasteiger partial charge in [0.05, 0.1) is 24.9 Å². The highest BCUT2D eigenvalue weighted by molar-refractivity contribution is 6.00. The maximum atomic E-state index is 12.9. The predicted molar refractivity (Wildman–Crippen MR) is 114 cm³/mol. The topological polar surface area (TPSA) is 65.6 Å². The lowest BCUT2D eigenvalue weighted by Crippen LogP contribution is -2.25. The molecule has 4 rings (SSSR count). The number of methoxy groups -OCH3 is 1. The van der Waals surface area contributed by atoms with Crippen molar-refractivity contribution in [3.8, 4) is 5.75 Å². The molecule has 2 heterocycles. The Bertz CT molecular complexity index is 1100. The molecule has 154 valence electrons. The van der Waals surface area contributed by atoms with Gasteiger partial charge in [-0.1, -0.05) is 36.4 Å². The summed E-state index contributed by atoms with van der Waals surface area (Å²) >= 11 is 0. The first-order chi connectivity index (χ1) is 14.8. The fourth-order valence-electron chi connectivity index (χ4n) is 3.40. The van der Waals surface area contributed by atoms with Crippen LogP contribution >= 0.6 is 0 Å². The van der Waals surface area contributed by atoms with E-state index in [4.69, 9.17) is 13.9 Å². The Balaban J connectivity index is 1.62. The maximum absolute atomic E-state index is 12.9. The van der Waals surface area contributed by atoms with Crippen molar-refractivity contribution < 1.29 is 18.7 Å². The summed E-state index contributed by atoms with van der Waals surface area (Å²) in [5.41, 5.74) is 2.58. The van der Waals surface area contributed by atoms with E-state index in [9.17, 15) is 4.79 Å². The summed E-state index contributed by atoms with van der Waals surface area (Å²) in [6.45, 7) is 1.85. The van der Waals surface area contributed by atoms with Crippen LogP contribution in [-0.4, -0.2) is 24.2 Å². The number of nitrogens with zero attached hydrogens (tertiary/aromatic N) is 1. The van der Waals surface area contributed by atoms with Gasteiger partial charge in [0.2, 0.25) is 0 Å². The van der Waals surface area contributed by atoms with Gasteiger partial charge in [-0.15, -0.1) is 0 Å². The molecule has 0 unspecified atom stereocenters. The normalized spacial score (nSPS) is 11.0. The molecule has 0 spiro atoms. The van der Waals surface area contributed by atoms with E-state index < -0.39 is 0 Å². The Morgan fingerprint density at radius 2 is 1.93 bits per heavy atom. The van der Waals surface area contributed by atoms with Gasteiger partial charge >= 0.3 is 0 Å². The molecule has 0 saturated heterocycles. The van der Waals surface area contributed by atoms with E-state index in [0.717, 1.165) is 22.2 Å². The first-order valence-electron chi connectivity index (χ1n) is 9.85. The van der Waals surface area contributed by atoms with Gasteiger partial charge in [-0.3, -0.25) is 4.79 Å². The molecule has 1 amide bonds. The Kier molecular flexibility index (Phi) is 6.15. The number of hydrogen-bond acceptors (Lipinski definition) is 4. The zero-order chi connectivity index (χ0) is 20.8. The van der Waals surface area contributed by atoms with Crippen LogP contribution < -0.4 is 10.1 Å². The molecule has 2 aromatic heterocycles. The molecule has 0 aliphatic heterocycles. The predicted octanol–water partition coefficient (Wildman–Crippen LogP) is 4.39. The van der Waals surface area contributed by atoms with Crippen molar-refractivity contribution in [1.82, 2.24) is 9.88 Å². The van der Waals surface area contributed by atoms with Crippen LogP contribution in [0.4, 0.5) is 0 Å². The molecule has 4 aromatic rings. The molecule has 0 fully saturated rings. The number of carbonyl (C=O) groups excluding carboxylic acids is 1. The molecule has 0 aliphatic carbocycles. The largest absolute Gasteiger partial charge is 0.488 e. The molecule has 6 nitrogen and oxygen atoms in total. The number of fused-ring (bicyclic) bond motifs is 1. The quantitative estimate of drug-likeness (QED) is 0.449. The minimum atomic E-state index is -0.173. The van der Waals surface area contributed by atoms with E-state index in [-0.39, 0.29) is 5.91 Å². The summed E-state index contributed by atoms with van der Waals surface area (Å²) in [5.74, 6) is 1.27. The molecule has 1 N–H and O–H groups in total. The van der Waals surface area contributed by atoms with Crippen LogP contribution in [0, 0.1) is 0 Å². The second-order valence-corrected chi connectivity index (χ2v) is 6.90. The SMILES string of the molecule is COCCn1c(C(=O)NCc2ccco2)cc2c(OCc3ccccc3)cccc21. The molecule has 0 saturated carbocycles.